The number of nitrogens with zero attached hydrogens (tertiary/aromatic N) is 1. The van der Waals surface area contributed by atoms with Crippen molar-refractivity contribution in [1.29, 1.82) is 0 Å². The van der Waals surface area contributed by atoms with Crippen LogP contribution in [-0.2, 0) is 4.79 Å². The van der Waals surface area contributed by atoms with Crippen LogP contribution in [0.2, 0.25) is 5.02 Å². The molecule has 0 saturated carbocycles. The molecule has 0 bridgehead atoms. The van der Waals surface area contributed by atoms with Gasteiger partial charge in [0.1, 0.15) is 0 Å². The number of hydrogen-bond acceptors (Lipinski definition) is 3. The highest BCUT2D eigenvalue weighted by atomic mass is 35.5. The van der Waals surface area contributed by atoms with E-state index >= 15 is 0 Å². The van der Waals surface area contributed by atoms with Crippen LogP contribution >= 0.6 is 11.6 Å². The van der Waals surface area contributed by atoms with Gasteiger partial charge in [-0.1, -0.05) is 41.9 Å². The van der Waals surface area contributed by atoms with Crippen molar-refractivity contribution in [2.75, 3.05) is 5.32 Å². The van der Waals surface area contributed by atoms with Gasteiger partial charge in [0, 0.05) is 17.7 Å². The number of benzene rings is 2. The number of non-ortho nitro benzene ring substituents is 1. The highest BCUT2D eigenvalue weighted by molar-refractivity contribution is 6.34. The SMILES string of the molecule is C/C(=C/c1ccccc1)C(=O)Nc1ccc([N+](=O)[O-])cc1Cl. The Labute approximate surface area is 132 Å². The predicted molar refractivity (Wildman–Crippen MR) is 86.8 cm³/mol. The van der Waals surface area contributed by atoms with E-state index < -0.39 is 4.92 Å². The average molecular weight is 317 g/mol. The first-order chi connectivity index (χ1) is 10.5. The summed E-state index contributed by atoms with van der Waals surface area (Å²) in [5.74, 6) is -0.320. The van der Waals surface area contributed by atoms with E-state index in [0.717, 1.165) is 5.56 Å². The highest BCUT2D eigenvalue weighted by Gasteiger charge is 2.12. The number of hydrogen-bond donors (Lipinski definition) is 1. The van der Waals surface area contributed by atoms with Crippen LogP contribution in [0.5, 0.6) is 0 Å². The van der Waals surface area contributed by atoms with E-state index in [-0.39, 0.29) is 16.6 Å². The Morgan fingerprint density at radius 2 is 1.91 bits per heavy atom. The number of amides is 1. The lowest BCUT2D eigenvalue weighted by molar-refractivity contribution is -0.384. The Morgan fingerprint density at radius 1 is 1.23 bits per heavy atom. The molecule has 0 unspecified atom stereocenters. The van der Waals surface area contributed by atoms with Crippen LogP contribution in [0.25, 0.3) is 6.08 Å². The van der Waals surface area contributed by atoms with E-state index in [4.69, 9.17) is 11.6 Å². The lowest BCUT2D eigenvalue weighted by Gasteiger charge is -2.07. The maximum absolute atomic E-state index is 12.1. The second-order valence-corrected chi connectivity index (χ2v) is 5.02. The number of anilines is 1. The van der Waals surface area contributed by atoms with Crippen LogP contribution in [0, 0.1) is 10.1 Å². The fourth-order valence-electron chi connectivity index (χ4n) is 1.80. The monoisotopic (exact) mass is 316 g/mol. The Bertz CT molecular complexity index is 742. The van der Waals surface area contributed by atoms with Gasteiger partial charge in [0.15, 0.2) is 0 Å². The maximum atomic E-state index is 12.1. The molecule has 1 N–H and O–H groups in total. The molecular formula is C16H13ClN2O3. The van der Waals surface area contributed by atoms with Gasteiger partial charge in [-0.15, -0.1) is 0 Å². The van der Waals surface area contributed by atoms with E-state index in [9.17, 15) is 14.9 Å². The third-order valence-electron chi connectivity index (χ3n) is 2.95. The lowest BCUT2D eigenvalue weighted by Crippen LogP contribution is -2.12. The quantitative estimate of drug-likeness (QED) is 0.519. The molecule has 0 aliphatic heterocycles. The Kier molecular flexibility index (Phi) is 4.91. The minimum Gasteiger partial charge on any atom is -0.321 e. The standard InChI is InChI=1S/C16H13ClN2O3/c1-11(9-12-5-3-2-4-6-12)16(20)18-15-8-7-13(19(21)22)10-14(15)17/h2-10H,1H3,(H,18,20)/b11-9-. The van der Waals surface area contributed by atoms with Gasteiger partial charge in [0.2, 0.25) is 0 Å². The van der Waals surface area contributed by atoms with Crippen LogP contribution in [0.3, 0.4) is 0 Å². The van der Waals surface area contributed by atoms with Crippen LogP contribution < -0.4 is 5.32 Å². The van der Waals surface area contributed by atoms with E-state index in [1.54, 1.807) is 13.0 Å². The van der Waals surface area contributed by atoms with Gasteiger partial charge in [-0.25, -0.2) is 0 Å². The van der Waals surface area contributed by atoms with Crippen molar-refractivity contribution in [3.05, 3.63) is 74.8 Å². The maximum Gasteiger partial charge on any atom is 0.271 e. The summed E-state index contributed by atoms with van der Waals surface area (Å²) in [5.41, 5.74) is 1.61. The molecule has 2 aromatic carbocycles. The van der Waals surface area contributed by atoms with E-state index in [0.29, 0.717) is 11.3 Å². The number of nitrogens with one attached hydrogen (secondary N) is 1. The third-order valence-corrected chi connectivity index (χ3v) is 3.27. The smallest absolute Gasteiger partial charge is 0.271 e. The number of carbonyl (C=O) groups excluding carboxylic acids is 1. The lowest BCUT2D eigenvalue weighted by atomic mass is 10.1. The Hall–Kier alpha value is -2.66. The number of halogens is 1. The van der Waals surface area contributed by atoms with Crippen molar-refractivity contribution in [1.82, 2.24) is 0 Å². The first-order valence-corrected chi connectivity index (χ1v) is 6.84. The molecule has 1 amide bonds. The zero-order valence-corrected chi connectivity index (χ0v) is 12.5. The van der Waals surface area contributed by atoms with Crippen LogP contribution in [-0.4, -0.2) is 10.8 Å². The van der Waals surface area contributed by atoms with Crippen molar-refractivity contribution >= 4 is 35.0 Å². The molecule has 2 aromatic rings. The minimum atomic E-state index is -0.544. The van der Waals surface area contributed by atoms with Crippen LogP contribution in [0.4, 0.5) is 11.4 Å². The summed E-state index contributed by atoms with van der Waals surface area (Å²) in [7, 11) is 0. The molecule has 22 heavy (non-hydrogen) atoms. The zero-order chi connectivity index (χ0) is 16.1. The van der Waals surface area contributed by atoms with Gasteiger partial charge in [-0.05, 0) is 24.6 Å². The number of nitro benzene ring substituents is 1. The van der Waals surface area contributed by atoms with Gasteiger partial charge < -0.3 is 5.32 Å². The van der Waals surface area contributed by atoms with Gasteiger partial charge in [0.05, 0.1) is 15.6 Å². The first kappa shape index (κ1) is 15.7. The summed E-state index contributed by atoms with van der Waals surface area (Å²) in [6.07, 6.45) is 1.74. The molecule has 0 spiro atoms. The molecule has 0 fully saturated rings. The van der Waals surface area contributed by atoms with Crippen LogP contribution in [0.15, 0.2) is 54.1 Å². The van der Waals surface area contributed by atoms with Crippen molar-refractivity contribution in [2.45, 2.75) is 6.92 Å². The fraction of sp³-hybridized carbons (Fsp3) is 0.0625. The molecule has 5 nitrogen and oxygen atoms in total. The molecule has 6 heteroatoms. The summed E-state index contributed by atoms with van der Waals surface area (Å²) >= 11 is 5.94. The molecule has 0 aliphatic carbocycles. The van der Waals surface area contributed by atoms with Crippen molar-refractivity contribution in [3.8, 4) is 0 Å². The van der Waals surface area contributed by atoms with Gasteiger partial charge in [-0.2, -0.15) is 0 Å². The molecule has 0 aliphatic rings. The molecule has 0 aromatic heterocycles. The summed E-state index contributed by atoms with van der Waals surface area (Å²) in [5, 5.41) is 13.4. The molecule has 0 heterocycles. The predicted octanol–water partition coefficient (Wildman–Crippen LogP) is 4.29. The largest absolute Gasteiger partial charge is 0.321 e. The normalized spacial score (nSPS) is 11.1. The third kappa shape index (κ3) is 3.93. The summed E-state index contributed by atoms with van der Waals surface area (Å²) in [4.78, 5) is 22.2. The highest BCUT2D eigenvalue weighted by Crippen LogP contribution is 2.27. The molecular weight excluding hydrogens is 304 g/mol. The molecule has 0 saturated heterocycles. The van der Waals surface area contributed by atoms with E-state index in [1.807, 2.05) is 30.3 Å². The second-order valence-electron chi connectivity index (χ2n) is 4.61. The summed E-state index contributed by atoms with van der Waals surface area (Å²) < 4.78 is 0. The van der Waals surface area contributed by atoms with Gasteiger partial charge in [0.25, 0.3) is 11.6 Å². The van der Waals surface area contributed by atoms with E-state index in [2.05, 4.69) is 5.32 Å². The first-order valence-electron chi connectivity index (χ1n) is 6.46. The summed E-state index contributed by atoms with van der Waals surface area (Å²) in [6.45, 7) is 1.68. The number of carbonyl (C=O) groups is 1. The van der Waals surface area contributed by atoms with Gasteiger partial charge in [-0.3, -0.25) is 14.9 Å². The molecule has 112 valence electrons. The van der Waals surface area contributed by atoms with Crippen molar-refractivity contribution < 1.29 is 9.72 Å². The number of nitro groups is 1. The Balaban J connectivity index is 2.15. The average Bonchev–Trinajstić information content (AvgIpc) is 2.50. The number of rotatable bonds is 4. The second kappa shape index (κ2) is 6.87. The summed E-state index contributed by atoms with van der Waals surface area (Å²) in [6, 6.07) is 13.3. The molecule has 2 rings (SSSR count). The molecule has 0 radical (unpaired) electrons. The topological polar surface area (TPSA) is 72.2 Å². The van der Waals surface area contributed by atoms with Crippen molar-refractivity contribution in [2.24, 2.45) is 0 Å². The zero-order valence-electron chi connectivity index (χ0n) is 11.7. The molecule has 0 atom stereocenters. The van der Waals surface area contributed by atoms with Gasteiger partial charge >= 0.3 is 0 Å². The Morgan fingerprint density at radius 3 is 2.50 bits per heavy atom. The fourth-order valence-corrected chi connectivity index (χ4v) is 2.03. The van der Waals surface area contributed by atoms with Crippen LogP contribution in [0.1, 0.15) is 12.5 Å². The van der Waals surface area contributed by atoms with E-state index in [1.165, 1.54) is 18.2 Å². The minimum absolute atomic E-state index is 0.120. The van der Waals surface area contributed by atoms with Crippen molar-refractivity contribution in [3.63, 3.8) is 0 Å².